The minimum Gasteiger partial charge on any atom is -0.389 e. The fourth-order valence-electron chi connectivity index (χ4n) is 2.60. The minimum atomic E-state index is -3.55. The molecule has 1 aliphatic rings. The molecule has 4 nitrogen and oxygen atoms in total. The SMILES string of the molecule is NC(=S)c1ccccc1S(=O)(=O)NCC1CCCCC1. The maximum atomic E-state index is 12.4. The molecule has 2 rings (SSSR count). The van der Waals surface area contributed by atoms with Crippen LogP contribution in [0.3, 0.4) is 0 Å². The molecule has 0 saturated heterocycles. The van der Waals surface area contributed by atoms with Crippen molar-refractivity contribution >= 4 is 27.2 Å². The molecule has 110 valence electrons. The summed E-state index contributed by atoms with van der Waals surface area (Å²) in [7, 11) is -3.55. The molecule has 3 N–H and O–H groups in total. The van der Waals surface area contributed by atoms with E-state index in [4.69, 9.17) is 18.0 Å². The number of rotatable bonds is 5. The molecule has 1 aromatic carbocycles. The molecule has 0 bridgehead atoms. The van der Waals surface area contributed by atoms with Crippen LogP contribution in [0.1, 0.15) is 37.7 Å². The van der Waals surface area contributed by atoms with Gasteiger partial charge in [-0.2, -0.15) is 0 Å². The Kier molecular flexibility index (Phi) is 5.12. The van der Waals surface area contributed by atoms with E-state index in [2.05, 4.69) is 4.72 Å². The second-order valence-electron chi connectivity index (χ2n) is 5.22. The zero-order valence-corrected chi connectivity index (χ0v) is 13.0. The van der Waals surface area contributed by atoms with Gasteiger partial charge in [0, 0.05) is 12.1 Å². The van der Waals surface area contributed by atoms with E-state index in [-0.39, 0.29) is 9.88 Å². The Morgan fingerprint density at radius 2 is 1.90 bits per heavy atom. The monoisotopic (exact) mass is 312 g/mol. The first kappa shape index (κ1) is 15.4. The van der Waals surface area contributed by atoms with Gasteiger partial charge in [0.15, 0.2) is 0 Å². The van der Waals surface area contributed by atoms with Crippen LogP contribution in [0.2, 0.25) is 0 Å². The van der Waals surface area contributed by atoms with Crippen molar-refractivity contribution in [3.8, 4) is 0 Å². The van der Waals surface area contributed by atoms with Gasteiger partial charge in [0.1, 0.15) is 4.99 Å². The molecule has 0 unspecified atom stereocenters. The van der Waals surface area contributed by atoms with Crippen LogP contribution < -0.4 is 10.5 Å². The Morgan fingerprint density at radius 1 is 1.25 bits per heavy atom. The molecule has 0 atom stereocenters. The van der Waals surface area contributed by atoms with Crippen molar-refractivity contribution < 1.29 is 8.42 Å². The molecule has 0 aromatic heterocycles. The minimum absolute atomic E-state index is 0.101. The van der Waals surface area contributed by atoms with Crippen LogP contribution in [0, 0.1) is 5.92 Å². The lowest BCUT2D eigenvalue weighted by molar-refractivity contribution is 0.357. The summed E-state index contributed by atoms with van der Waals surface area (Å²) < 4.78 is 27.4. The zero-order valence-electron chi connectivity index (χ0n) is 11.3. The predicted molar refractivity (Wildman–Crippen MR) is 84.1 cm³/mol. The number of thiocarbonyl (C=S) groups is 1. The van der Waals surface area contributed by atoms with Gasteiger partial charge in [0.05, 0.1) is 4.90 Å². The second kappa shape index (κ2) is 6.65. The number of hydrogen-bond donors (Lipinski definition) is 2. The van der Waals surface area contributed by atoms with E-state index in [1.807, 2.05) is 0 Å². The van der Waals surface area contributed by atoms with E-state index in [0.29, 0.717) is 18.0 Å². The van der Waals surface area contributed by atoms with Crippen molar-refractivity contribution in [1.82, 2.24) is 4.72 Å². The van der Waals surface area contributed by atoms with Crippen molar-refractivity contribution in [1.29, 1.82) is 0 Å². The number of hydrogen-bond acceptors (Lipinski definition) is 3. The summed E-state index contributed by atoms with van der Waals surface area (Å²) in [5.41, 5.74) is 5.99. The third-order valence-electron chi connectivity index (χ3n) is 3.73. The number of sulfonamides is 1. The Bertz CT molecular complexity index is 579. The number of nitrogens with one attached hydrogen (secondary N) is 1. The van der Waals surface area contributed by atoms with Crippen LogP contribution in [0.4, 0.5) is 0 Å². The summed E-state index contributed by atoms with van der Waals surface area (Å²) in [5.74, 6) is 0.440. The second-order valence-corrected chi connectivity index (χ2v) is 7.39. The molecule has 0 spiro atoms. The summed E-state index contributed by atoms with van der Waals surface area (Å²) in [5, 5.41) is 0. The molecular formula is C14H20N2O2S2. The van der Waals surface area contributed by atoms with Gasteiger partial charge in [-0.25, -0.2) is 13.1 Å². The lowest BCUT2D eigenvalue weighted by atomic mass is 9.90. The summed E-state index contributed by atoms with van der Waals surface area (Å²) in [6.07, 6.45) is 5.83. The predicted octanol–water partition coefficient (Wildman–Crippen LogP) is 2.18. The molecule has 0 amide bonds. The third-order valence-corrected chi connectivity index (χ3v) is 5.43. The Balaban J connectivity index is 2.12. The Morgan fingerprint density at radius 3 is 2.55 bits per heavy atom. The Labute approximate surface area is 125 Å². The van der Waals surface area contributed by atoms with Crippen LogP contribution in [0.25, 0.3) is 0 Å². The van der Waals surface area contributed by atoms with Crippen LogP contribution in [0.15, 0.2) is 29.2 Å². The van der Waals surface area contributed by atoms with Crippen molar-refractivity contribution in [2.24, 2.45) is 11.7 Å². The van der Waals surface area contributed by atoms with Crippen molar-refractivity contribution in [3.05, 3.63) is 29.8 Å². The molecule has 1 aliphatic carbocycles. The highest BCUT2D eigenvalue weighted by Crippen LogP contribution is 2.23. The quantitative estimate of drug-likeness (QED) is 0.818. The van der Waals surface area contributed by atoms with E-state index in [1.54, 1.807) is 18.2 Å². The van der Waals surface area contributed by atoms with Gasteiger partial charge < -0.3 is 5.73 Å². The summed E-state index contributed by atoms with van der Waals surface area (Å²) in [4.78, 5) is 0.270. The van der Waals surface area contributed by atoms with Gasteiger partial charge in [0.2, 0.25) is 10.0 Å². The molecule has 1 fully saturated rings. The molecule has 20 heavy (non-hydrogen) atoms. The third kappa shape index (κ3) is 3.77. The highest BCUT2D eigenvalue weighted by molar-refractivity contribution is 7.89. The van der Waals surface area contributed by atoms with Gasteiger partial charge in [0.25, 0.3) is 0 Å². The first-order valence-corrected chi connectivity index (χ1v) is 8.78. The van der Waals surface area contributed by atoms with Crippen LogP contribution in [-0.4, -0.2) is 20.0 Å². The molecule has 0 heterocycles. The normalized spacial score (nSPS) is 17.0. The average Bonchev–Trinajstić information content (AvgIpc) is 2.46. The average molecular weight is 312 g/mol. The van der Waals surface area contributed by atoms with Crippen molar-refractivity contribution in [2.75, 3.05) is 6.54 Å². The van der Waals surface area contributed by atoms with Crippen LogP contribution >= 0.6 is 12.2 Å². The van der Waals surface area contributed by atoms with Gasteiger partial charge >= 0.3 is 0 Å². The fraction of sp³-hybridized carbons (Fsp3) is 0.500. The molecule has 0 aliphatic heterocycles. The fourth-order valence-corrected chi connectivity index (χ4v) is 4.18. The highest BCUT2D eigenvalue weighted by atomic mass is 32.2. The topological polar surface area (TPSA) is 72.2 Å². The van der Waals surface area contributed by atoms with Crippen LogP contribution in [-0.2, 0) is 10.0 Å². The lowest BCUT2D eigenvalue weighted by Crippen LogP contribution is -2.31. The van der Waals surface area contributed by atoms with E-state index >= 15 is 0 Å². The molecular weight excluding hydrogens is 292 g/mol. The van der Waals surface area contributed by atoms with Gasteiger partial charge in [-0.3, -0.25) is 0 Å². The van der Waals surface area contributed by atoms with Gasteiger partial charge in [-0.15, -0.1) is 0 Å². The van der Waals surface area contributed by atoms with E-state index in [9.17, 15) is 8.42 Å². The largest absolute Gasteiger partial charge is 0.389 e. The lowest BCUT2D eigenvalue weighted by Gasteiger charge is -2.22. The van der Waals surface area contributed by atoms with Gasteiger partial charge in [-0.1, -0.05) is 49.7 Å². The molecule has 1 aromatic rings. The summed E-state index contributed by atoms with van der Waals surface area (Å²) >= 11 is 4.91. The first-order valence-electron chi connectivity index (χ1n) is 6.89. The molecule has 6 heteroatoms. The molecule has 1 saturated carbocycles. The standard InChI is InChI=1S/C14H20N2O2S2/c15-14(19)12-8-4-5-9-13(12)20(17,18)16-10-11-6-2-1-3-7-11/h4-5,8-9,11,16H,1-3,6-7,10H2,(H2,15,19). The molecule has 0 radical (unpaired) electrons. The van der Waals surface area contributed by atoms with Crippen molar-refractivity contribution in [2.45, 2.75) is 37.0 Å². The Hall–Kier alpha value is -0.980. The summed E-state index contributed by atoms with van der Waals surface area (Å²) in [6, 6.07) is 6.58. The van der Waals surface area contributed by atoms with E-state index < -0.39 is 10.0 Å². The van der Waals surface area contributed by atoms with Gasteiger partial charge in [-0.05, 0) is 24.8 Å². The number of nitrogens with two attached hydrogens (primary N) is 1. The highest BCUT2D eigenvalue weighted by Gasteiger charge is 2.21. The zero-order chi connectivity index (χ0) is 14.6. The number of benzene rings is 1. The summed E-state index contributed by atoms with van der Waals surface area (Å²) in [6.45, 7) is 0.494. The smallest absolute Gasteiger partial charge is 0.241 e. The maximum Gasteiger partial charge on any atom is 0.241 e. The van der Waals surface area contributed by atoms with Crippen molar-refractivity contribution in [3.63, 3.8) is 0 Å². The van der Waals surface area contributed by atoms with E-state index in [1.165, 1.54) is 25.3 Å². The van der Waals surface area contributed by atoms with E-state index in [0.717, 1.165) is 12.8 Å². The van der Waals surface area contributed by atoms with Crippen LogP contribution in [0.5, 0.6) is 0 Å². The first-order chi connectivity index (χ1) is 9.50. The maximum absolute atomic E-state index is 12.4.